The van der Waals surface area contributed by atoms with Gasteiger partial charge in [-0.25, -0.2) is 0 Å². The summed E-state index contributed by atoms with van der Waals surface area (Å²) < 4.78 is 0. The lowest BCUT2D eigenvalue weighted by Crippen LogP contribution is -2.06. The van der Waals surface area contributed by atoms with Crippen molar-refractivity contribution in [3.8, 4) is 0 Å². The van der Waals surface area contributed by atoms with Crippen LogP contribution < -0.4 is 16.4 Å². The standard InChI is InChI=1S/C22H41N3/c1-3-5-7-9-11-13-17-24-20-15-16-21(23)22(19-20)25-18-14-12-10-8-6-4-2/h15-16,19,24-25H,3-14,17-18,23H2,1-2H3. The van der Waals surface area contributed by atoms with Gasteiger partial charge in [0, 0.05) is 18.8 Å². The van der Waals surface area contributed by atoms with E-state index < -0.39 is 0 Å². The molecule has 0 aliphatic heterocycles. The molecule has 1 aromatic carbocycles. The second-order valence-electron chi connectivity index (χ2n) is 7.19. The molecule has 0 atom stereocenters. The number of anilines is 3. The first-order valence-electron chi connectivity index (χ1n) is 10.6. The van der Waals surface area contributed by atoms with Gasteiger partial charge in [-0.1, -0.05) is 78.1 Å². The molecular formula is C22H41N3. The minimum Gasteiger partial charge on any atom is -0.397 e. The Bertz CT molecular complexity index is 431. The first-order chi connectivity index (χ1) is 12.3. The van der Waals surface area contributed by atoms with Crippen LogP contribution in [0.5, 0.6) is 0 Å². The van der Waals surface area contributed by atoms with E-state index in [9.17, 15) is 0 Å². The average molecular weight is 348 g/mol. The van der Waals surface area contributed by atoms with Crippen molar-refractivity contribution < 1.29 is 0 Å². The molecule has 0 aromatic heterocycles. The maximum Gasteiger partial charge on any atom is 0.0594 e. The lowest BCUT2D eigenvalue weighted by Gasteiger charge is -2.13. The van der Waals surface area contributed by atoms with Gasteiger partial charge in [0.15, 0.2) is 0 Å². The van der Waals surface area contributed by atoms with E-state index in [-0.39, 0.29) is 0 Å². The van der Waals surface area contributed by atoms with Gasteiger partial charge in [-0.3, -0.25) is 0 Å². The zero-order chi connectivity index (χ0) is 18.2. The normalized spacial score (nSPS) is 10.8. The predicted octanol–water partition coefficient (Wildman–Crippen LogP) is 6.81. The van der Waals surface area contributed by atoms with E-state index in [1.54, 1.807) is 0 Å². The monoisotopic (exact) mass is 347 g/mol. The third-order valence-corrected chi connectivity index (χ3v) is 4.76. The Morgan fingerprint density at radius 3 is 1.80 bits per heavy atom. The number of nitrogens with one attached hydrogen (secondary N) is 2. The molecule has 25 heavy (non-hydrogen) atoms. The van der Waals surface area contributed by atoms with Gasteiger partial charge in [0.05, 0.1) is 11.4 Å². The van der Waals surface area contributed by atoms with Crippen molar-refractivity contribution in [2.45, 2.75) is 90.9 Å². The van der Waals surface area contributed by atoms with Gasteiger partial charge < -0.3 is 16.4 Å². The summed E-state index contributed by atoms with van der Waals surface area (Å²) in [6, 6.07) is 6.25. The van der Waals surface area contributed by atoms with E-state index >= 15 is 0 Å². The summed E-state index contributed by atoms with van der Waals surface area (Å²) in [6.07, 6.45) is 15.9. The van der Waals surface area contributed by atoms with Gasteiger partial charge in [-0.2, -0.15) is 0 Å². The van der Waals surface area contributed by atoms with Crippen molar-refractivity contribution >= 4 is 17.1 Å². The van der Waals surface area contributed by atoms with E-state index in [1.165, 1.54) is 82.7 Å². The van der Waals surface area contributed by atoms with Crippen LogP contribution in [0, 0.1) is 0 Å². The molecule has 0 amide bonds. The number of hydrogen-bond acceptors (Lipinski definition) is 3. The summed E-state index contributed by atoms with van der Waals surface area (Å²) in [7, 11) is 0. The number of nitrogen functional groups attached to an aromatic ring is 1. The van der Waals surface area contributed by atoms with Crippen molar-refractivity contribution in [1.29, 1.82) is 0 Å². The molecule has 0 unspecified atom stereocenters. The second kappa shape index (κ2) is 14.9. The Kier molecular flexibility index (Phi) is 12.9. The molecular weight excluding hydrogens is 306 g/mol. The van der Waals surface area contributed by atoms with Gasteiger partial charge in [0.25, 0.3) is 0 Å². The van der Waals surface area contributed by atoms with Crippen LogP contribution in [0.15, 0.2) is 18.2 Å². The van der Waals surface area contributed by atoms with Crippen LogP contribution in [0.3, 0.4) is 0 Å². The van der Waals surface area contributed by atoms with Crippen molar-refractivity contribution in [3.05, 3.63) is 18.2 Å². The number of unbranched alkanes of at least 4 members (excludes halogenated alkanes) is 10. The zero-order valence-electron chi connectivity index (χ0n) is 16.7. The SMILES string of the molecule is CCCCCCCCNc1ccc(N)c(NCCCCCCCC)c1. The molecule has 0 saturated heterocycles. The summed E-state index contributed by atoms with van der Waals surface area (Å²) >= 11 is 0. The van der Waals surface area contributed by atoms with Gasteiger partial charge >= 0.3 is 0 Å². The number of nitrogens with two attached hydrogens (primary N) is 1. The van der Waals surface area contributed by atoms with Crippen molar-refractivity contribution in [2.24, 2.45) is 0 Å². The molecule has 0 aliphatic rings. The molecule has 0 radical (unpaired) electrons. The highest BCUT2D eigenvalue weighted by molar-refractivity contribution is 5.71. The molecule has 0 heterocycles. The van der Waals surface area contributed by atoms with Crippen LogP contribution >= 0.6 is 0 Å². The molecule has 1 rings (SSSR count). The average Bonchev–Trinajstić information content (AvgIpc) is 2.62. The Hall–Kier alpha value is -1.38. The lowest BCUT2D eigenvalue weighted by atomic mass is 10.1. The highest BCUT2D eigenvalue weighted by Gasteiger charge is 2.01. The van der Waals surface area contributed by atoms with Crippen LogP contribution in [0.1, 0.15) is 90.9 Å². The first-order valence-corrected chi connectivity index (χ1v) is 10.6. The molecule has 4 N–H and O–H groups in total. The lowest BCUT2D eigenvalue weighted by molar-refractivity contribution is 0.617. The summed E-state index contributed by atoms with van der Waals surface area (Å²) in [5, 5.41) is 7.04. The fourth-order valence-electron chi connectivity index (χ4n) is 3.09. The molecule has 0 bridgehead atoms. The quantitative estimate of drug-likeness (QED) is 0.227. The highest BCUT2D eigenvalue weighted by Crippen LogP contribution is 2.23. The molecule has 0 fully saturated rings. The topological polar surface area (TPSA) is 50.1 Å². The Balaban J connectivity index is 2.19. The molecule has 1 aromatic rings. The van der Waals surface area contributed by atoms with Gasteiger partial charge in [-0.05, 0) is 31.0 Å². The van der Waals surface area contributed by atoms with E-state index in [2.05, 4.69) is 36.6 Å². The van der Waals surface area contributed by atoms with E-state index in [4.69, 9.17) is 5.73 Å². The van der Waals surface area contributed by atoms with E-state index in [0.717, 1.165) is 24.5 Å². The van der Waals surface area contributed by atoms with Crippen molar-refractivity contribution in [1.82, 2.24) is 0 Å². The van der Waals surface area contributed by atoms with E-state index in [1.807, 2.05) is 6.07 Å². The van der Waals surface area contributed by atoms with Gasteiger partial charge in [0.2, 0.25) is 0 Å². The van der Waals surface area contributed by atoms with Crippen LogP contribution in [0.25, 0.3) is 0 Å². The summed E-state index contributed by atoms with van der Waals surface area (Å²) in [4.78, 5) is 0. The van der Waals surface area contributed by atoms with Crippen LogP contribution in [0.2, 0.25) is 0 Å². The maximum atomic E-state index is 6.10. The van der Waals surface area contributed by atoms with Gasteiger partial charge in [-0.15, -0.1) is 0 Å². The Morgan fingerprint density at radius 1 is 0.680 bits per heavy atom. The Morgan fingerprint density at radius 2 is 1.20 bits per heavy atom. The largest absolute Gasteiger partial charge is 0.397 e. The molecule has 0 spiro atoms. The highest BCUT2D eigenvalue weighted by atomic mass is 14.9. The van der Waals surface area contributed by atoms with Crippen LogP contribution in [-0.4, -0.2) is 13.1 Å². The minimum absolute atomic E-state index is 0.844. The molecule has 0 saturated carbocycles. The Labute approximate surface area is 156 Å². The predicted molar refractivity (Wildman–Crippen MR) is 115 cm³/mol. The molecule has 3 heteroatoms. The fraction of sp³-hybridized carbons (Fsp3) is 0.727. The zero-order valence-corrected chi connectivity index (χ0v) is 16.7. The molecule has 0 aliphatic carbocycles. The first kappa shape index (κ1) is 21.7. The number of rotatable bonds is 16. The van der Waals surface area contributed by atoms with Gasteiger partial charge in [0.1, 0.15) is 0 Å². The number of benzene rings is 1. The van der Waals surface area contributed by atoms with Crippen molar-refractivity contribution in [3.63, 3.8) is 0 Å². The summed E-state index contributed by atoms with van der Waals surface area (Å²) in [6.45, 7) is 6.59. The third-order valence-electron chi connectivity index (χ3n) is 4.76. The van der Waals surface area contributed by atoms with Crippen molar-refractivity contribution in [2.75, 3.05) is 29.5 Å². The molecule has 3 nitrogen and oxygen atoms in total. The molecule has 144 valence electrons. The maximum absolute atomic E-state index is 6.10. The summed E-state index contributed by atoms with van der Waals surface area (Å²) in [5.41, 5.74) is 9.19. The van der Waals surface area contributed by atoms with E-state index in [0.29, 0.717) is 0 Å². The van der Waals surface area contributed by atoms with Crippen LogP contribution in [-0.2, 0) is 0 Å². The summed E-state index contributed by atoms with van der Waals surface area (Å²) in [5.74, 6) is 0. The van der Waals surface area contributed by atoms with Crippen LogP contribution in [0.4, 0.5) is 17.1 Å². The fourth-order valence-corrected chi connectivity index (χ4v) is 3.09. The smallest absolute Gasteiger partial charge is 0.0594 e. The minimum atomic E-state index is 0.844. The second-order valence-corrected chi connectivity index (χ2v) is 7.19. The third kappa shape index (κ3) is 11.0. The number of hydrogen-bond donors (Lipinski definition) is 3.